The van der Waals surface area contributed by atoms with E-state index in [4.69, 9.17) is 4.74 Å². The van der Waals surface area contributed by atoms with Crippen LogP contribution in [-0.4, -0.2) is 17.0 Å². The second kappa shape index (κ2) is 10.5. The van der Waals surface area contributed by atoms with Crippen molar-refractivity contribution in [2.24, 2.45) is 0 Å². The fraction of sp³-hybridized carbons (Fsp3) is 0.269. The Morgan fingerprint density at radius 1 is 0.967 bits per heavy atom. The molecule has 0 heterocycles. The summed E-state index contributed by atoms with van der Waals surface area (Å²) in [5.74, 6) is 0.805. The molecule has 0 spiro atoms. The molecule has 2 amide bonds. The van der Waals surface area contributed by atoms with Gasteiger partial charge in [-0.3, -0.25) is 0 Å². The lowest BCUT2D eigenvalue weighted by Crippen LogP contribution is -2.40. The Hall–Kier alpha value is -3.27. The van der Waals surface area contributed by atoms with Crippen molar-refractivity contribution in [3.63, 3.8) is 0 Å². The first-order valence-electron chi connectivity index (χ1n) is 10.4. The molecule has 3 aromatic rings. The van der Waals surface area contributed by atoms with Gasteiger partial charge in [0.25, 0.3) is 0 Å². The molecule has 1 atom stereocenters. The minimum Gasteiger partial charge on any atom is -0.489 e. The highest BCUT2D eigenvalue weighted by Gasteiger charge is 2.19. The predicted octanol–water partition coefficient (Wildman–Crippen LogP) is 6.41. The van der Waals surface area contributed by atoms with Crippen molar-refractivity contribution in [1.82, 2.24) is 4.90 Å². The molecule has 1 N–H and O–H groups in total. The van der Waals surface area contributed by atoms with Crippen molar-refractivity contribution in [3.8, 4) is 5.75 Å². The summed E-state index contributed by atoms with van der Waals surface area (Å²) in [4.78, 5) is 14.9. The third kappa shape index (κ3) is 6.11. The van der Waals surface area contributed by atoms with Gasteiger partial charge in [0.2, 0.25) is 0 Å². The van der Waals surface area contributed by atoms with E-state index in [2.05, 4.69) is 19.2 Å². The molecule has 3 rings (SSSR count). The molecule has 1 unspecified atom stereocenters. The van der Waals surface area contributed by atoms with Crippen LogP contribution < -0.4 is 10.1 Å². The first kappa shape index (κ1) is 21.4. The van der Waals surface area contributed by atoms with Gasteiger partial charge in [0, 0.05) is 18.3 Å². The molecule has 4 heteroatoms. The van der Waals surface area contributed by atoms with Gasteiger partial charge >= 0.3 is 6.03 Å². The van der Waals surface area contributed by atoms with Crippen molar-refractivity contribution in [1.29, 1.82) is 0 Å². The van der Waals surface area contributed by atoms with E-state index in [0.717, 1.165) is 34.5 Å². The van der Waals surface area contributed by atoms with Crippen LogP contribution in [0.15, 0.2) is 78.9 Å². The van der Waals surface area contributed by atoms with Crippen LogP contribution in [0.5, 0.6) is 5.75 Å². The van der Waals surface area contributed by atoms with Crippen molar-refractivity contribution in [3.05, 3.63) is 95.6 Å². The average molecular weight is 403 g/mol. The van der Waals surface area contributed by atoms with Crippen LogP contribution >= 0.6 is 0 Å². The molecule has 0 fully saturated rings. The maximum atomic E-state index is 13.0. The second-order valence-corrected chi connectivity index (χ2v) is 7.61. The summed E-state index contributed by atoms with van der Waals surface area (Å²) in [5, 5.41) is 3.04. The normalized spacial score (nSPS) is 11.6. The predicted molar refractivity (Wildman–Crippen MR) is 123 cm³/mol. The smallest absolute Gasteiger partial charge is 0.322 e. The minimum atomic E-state index is -0.0921. The lowest BCUT2D eigenvalue weighted by Gasteiger charge is -2.29. The summed E-state index contributed by atoms with van der Waals surface area (Å²) in [6.07, 6.45) is 0.880. The molecule has 30 heavy (non-hydrogen) atoms. The van der Waals surface area contributed by atoms with Crippen molar-refractivity contribution >= 4 is 11.7 Å². The van der Waals surface area contributed by atoms with Crippen LogP contribution in [0, 0.1) is 6.92 Å². The summed E-state index contributed by atoms with van der Waals surface area (Å²) in [7, 11) is 0. The Morgan fingerprint density at radius 2 is 1.70 bits per heavy atom. The van der Waals surface area contributed by atoms with E-state index in [-0.39, 0.29) is 12.1 Å². The highest BCUT2D eigenvalue weighted by atomic mass is 16.5. The molecule has 3 aromatic carbocycles. The number of benzene rings is 3. The molecular formula is C26H30N2O2. The zero-order valence-electron chi connectivity index (χ0n) is 18.0. The minimum absolute atomic E-state index is 0.0921. The molecular weight excluding hydrogens is 372 g/mol. The van der Waals surface area contributed by atoms with Crippen LogP contribution in [0.3, 0.4) is 0 Å². The number of rotatable bonds is 8. The number of nitrogens with one attached hydrogen (secondary N) is 1. The first-order valence-corrected chi connectivity index (χ1v) is 10.4. The lowest BCUT2D eigenvalue weighted by atomic mass is 10.1. The van der Waals surface area contributed by atoms with Gasteiger partial charge in [-0.15, -0.1) is 0 Å². The molecule has 0 aliphatic heterocycles. The molecule has 0 bridgehead atoms. The molecule has 0 aromatic heterocycles. The van der Waals surface area contributed by atoms with Gasteiger partial charge < -0.3 is 15.0 Å². The maximum absolute atomic E-state index is 13.0. The van der Waals surface area contributed by atoms with Crippen LogP contribution in [0.1, 0.15) is 37.0 Å². The van der Waals surface area contributed by atoms with Gasteiger partial charge in [-0.05, 0) is 61.2 Å². The Morgan fingerprint density at radius 3 is 2.43 bits per heavy atom. The molecule has 0 saturated heterocycles. The van der Waals surface area contributed by atoms with Crippen molar-refractivity contribution < 1.29 is 9.53 Å². The molecule has 0 saturated carbocycles. The molecule has 0 radical (unpaired) electrons. The number of amides is 2. The molecule has 156 valence electrons. The van der Waals surface area contributed by atoms with Crippen molar-refractivity contribution in [2.75, 3.05) is 5.32 Å². The number of urea groups is 1. The van der Waals surface area contributed by atoms with Crippen molar-refractivity contribution in [2.45, 2.75) is 46.4 Å². The highest BCUT2D eigenvalue weighted by molar-refractivity contribution is 5.89. The van der Waals surface area contributed by atoms with Gasteiger partial charge in [0.05, 0.1) is 0 Å². The highest BCUT2D eigenvalue weighted by Crippen LogP contribution is 2.19. The van der Waals surface area contributed by atoms with E-state index in [1.807, 2.05) is 90.7 Å². The number of carbonyl (C=O) groups excluding carboxylic acids is 1. The number of anilines is 1. The van der Waals surface area contributed by atoms with Gasteiger partial charge in [-0.1, -0.05) is 61.5 Å². The van der Waals surface area contributed by atoms with Crippen LogP contribution in [0.2, 0.25) is 0 Å². The van der Waals surface area contributed by atoms with E-state index in [0.29, 0.717) is 13.2 Å². The fourth-order valence-electron chi connectivity index (χ4n) is 3.24. The number of ether oxygens (including phenoxy) is 1. The Labute approximate surface area is 179 Å². The summed E-state index contributed by atoms with van der Waals surface area (Å²) < 4.78 is 5.95. The molecule has 0 aliphatic rings. The Kier molecular flexibility index (Phi) is 7.50. The van der Waals surface area contributed by atoms with Gasteiger partial charge in [0.15, 0.2) is 0 Å². The second-order valence-electron chi connectivity index (χ2n) is 7.61. The zero-order valence-corrected chi connectivity index (χ0v) is 18.0. The number of nitrogens with zero attached hydrogens (tertiary/aromatic N) is 1. The van der Waals surface area contributed by atoms with Gasteiger partial charge in [0.1, 0.15) is 12.4 Å². The largest absolute Gasteiger partial charge is 0.489 e. The summed E-state index contributed by atoms with van der Waals surface area (Å²) in [6.45, 7) is 7.23. The van der Waals surface area contributed by atoms with Crippen LogP contribution in [0.25, 0.3) is 0 Å². The SMILES string of the molecule is CCC(C)N(Cc1cccc(OCc2ccccc2)c1)C(=O)Nc1cccc(C)c1. The monoisotopic (exact) mass is 402 g/mol. The first-order chi connectivity index (χ1) is 14.5. The standard InChI is InChI=1S/C26H30N2O2/c1-4-21(3)28(26(29)27-24-14-8-10-20(2)16-24)18-23-13-9-15-25(17-23)30-19-22-11-6-5-7-12-22/h5-17,21H,4,18-19H2,1-3H3,(H,27,29). The number of aryl methyl sites for hydroxylation is 1. The van der Waals surface area contributed by atoms with Gasteiger partial charge in [-0.2, -0.15) is 0 Å². The average Bonchev–Trinajstić information content (AvgIpc) is 2.76. The summed E-state index contributed by atoms with van der Waals surface area (Å²) in [5.41, 5.74) is 4.10. The third-order valence-corrected chi connectivity index (χ3v) is 5.15. The number of hydrogen-bond donors (Lipinski definition) is 1. The lowest BCUT2D eigenvalue weighted by molar-refractivity contribution is 0.187. The van der Waals surface area contributed by atoms with E-state index in [1.54, 1.807) is 0 Å². The van der Waals surface area contributed by atoms with Crippen LogP contribution in [-0.2, 0) is 13.2 Å². The topological polar surface area (TPSA) is 41.6 Å². The Bertz CT molecular complexity index is 956. The van der Waals surface area contributed by atoms with E-state index < -0.39 is 0 Å². The van der Waals surface area contributed by atoms with E-state index >= 15 is 0 Å². The zero-order chi connectivity index (χ0) is 21.3. The maximum Gasteiger partial charge on any atom is 0.322 e. The van der Waals surface area contributed by atoms with E-state index in [9.17, 15) is 4.79 Å². The summed E-state index contributed by atoms with van der Waals surface area (Å²) >= 11 is 0. The van der Waals surface area contributed by atoms with E-state index in [1.165, 1.54) is 0 Å². The summed E-state index contributed by atoms with van der Waals surface area (Å²) in [6, 6.07) is 26.0. The molecule has 0 aliphatic carbocycles. The quantitative estimate of drug-likeness (QED) is 0.473. The van der Waals surface area contributed by atoms with Gasteiger partial charge in [-0.25, -0.2) is 4.79 Å². The third-order valence-electron chi connectivity index (χ3n) is 5.15. The number of carbonyl (C=O) groups is 1. The van der Waals surface area contributed by atoms with Crippen LogP contribution in [0.4, 0.5) is 10.5 Å². The fourth-order valence-corrected chi connectivity index (χ4v) is 3.24. The Balaban J connectivity index is 1.69. The molecule has 4 nitrogen and oxygen atoms in total. The number of hydrogen-bond acceptors (Lipinski definition) is 2.